The number of hydrogen-bond acceptors (Lipinski definition) is 3. The topological polar surface area (TPSA) is 74.8 Å². The fourth-order valence-corrected chi connectivity index (χ4v) is 2.62. The van der Waals surface area contributed by atoms with Crippen LogP contribution in [0.1, 0.15) is 33.2 Å². The lowest BCUT2D eigenvalue weighted by Crippen LogP contribution is -2.31. The summed E-state index contributed by atoms with van der Waals surface area (Å²) in [4.78, 5) is 30.1. The molecule has 0 aliphatic heterocycles. The second-order valence-corrected chi connectivity index (χ2v) is 5.78. The first-order valence-corrected chi connectivity index (χ1v) is 7.81. The molecule has 3 rings (SSSR count). The van der Waals surface area contributed by atoms with Crippen molar-refractivity contribution < 1.29 is 13.6 Å². The Labute approximate surface area is 147 Å². The zero-order valence-electron chi connectivity index (χ0n) is 13.8. The van der Waals surface area contributed by atoms with Crippen LogP contribution in [0.25, 0.3) is 0 Å². The first-order chi connectivity index (χ1) is 12.4. The Kier molecular flexibility index (Phi) is 4.88. The number of carbonyl (C=O) groups is 1. The average Bonchev–Trinajstić information content (AvgIpc) is 2.60. The number of pyridine rings is 2. The van der Waals surface area contributed by atoms with Crippen molar-refractivity contribution in [3.63, 3.8) is 0 Å². The number of hydrogen-bond donors (Lipinski definition) is 2. The van der Waals surface area contributed by atoms with E-state index >= 15 is 0 Å². The molecule has 2 N–H and O–H groups in total. The summed E-state index contributed by atoms with van der Waals surface area (Å²) in [7, 11) is 0. The van der Waals surface area contributed by atoms with Crippen LogP contribution in [0.5, 0.6) is 0 Å². The maximum atomic E-state index is 14.3. The van der Waals surface area contributed by atoms with E-state index in [1.807, 2.05) is 0 Å². The minimum atomic E-state index is -0.995. The molecule has 26 heavy (non-hydrogen) atoms. The van der Waals surface area contributed by atoms with E-state index in [2.05, 4.69) is 15.3 Å². The highest BCUT2D eigenvalue weighted by Crippen LogP contribution is 2.25. The fraction of sp³-hybridized carbons (Fsp3) is 0.105. The lowest BCUT2D eigenvalue weighted by molar-refractivity contribution is 0.0941. The fourth-order valence-electron chi connectivity index (χ4n) is 2.62. The van der Waals surface area contributed by atoms with Gasteiger partial charge in [-0.2, -0.15) is 0 Å². The molecule has 1 aromatic carbocycles. The summed E-state index contributed by atoms with van der Waals surface area (Å²) in [5.41, 5.74) is 0.779. The number of aryl methyl sites for hydroxylation is 1. The standard InChI is InChI=1S/C19H15F2N3O2/c1-11-7-13(9-14(20)8-11)17(18-15(21)3-2-6-22-18)24-19(26)12-4-5-16(25)23-10-12/h2-10,17H,1H3,(H,23,25)(H,24,26)/t17-/m0/s1. The third kappa shape index (κ3) is 3.83. The molecule has 0 bridgehead atoms. The van der Waals surface area contributed by atoms with Crippen LogP contribution in [-0.2, 0) is 0 Å². The Bertz CT molecular complexity index is 977. The summed E-state index contributed by atoms with van der Waals surface area (Å²) in [5.74, 6) is -1.68. The van der Waals surface area contributed by atoms with Gasteiger partial charge in [-0.3, -0.25) is 14.6 Å². The molecule has 0 fully saturated rings. The normalized spacial score (nSPS) is 11.8. The summed E-state index contributed by atoms with van der Waals surface area (Å²) in [6.07, 6.45) is 2.64. The van der Waals surface area contributed by atoms with E-state index in [0.717, 1.165) is 0 Å². The van der Waals surface area contributed by atoms with E-state index in [9.17, 15) is 18.4 Å². The Morgan fingerprint density at radius 3 is 2.65 bits per heavy atom. The summed E-state index contributed by atoms with van der Waals surface area (Å²) in [6.45, 7) is 1.70. The molecule has 0 saturated carbocycles. The van der Waals surface area contributed by atoms with Gasteiger partial charge in [0.1, 0.15) is 17.3 Å². The van der Waals surface area contributed by atoms with E-state index in [0.29, 0.717) is 11.1 Å². The molecule has 0 saturated heterocycles. The molecule has 1 atom stereocenters. The molecule has 0 unspecified atom stereocenters. The van der Waals surface area contributed by atoms with Crippen molar-refractivity contribution in [2.45, 2.75) is 13.0 Å². The van der Waals surface area contributed by atoms with Crippen LogP contribution >= 0.6 is 0 Å². The lowest BCUT2D eigenvalue weighted by Gasteiger charge is -2.20. The van der Waals surface area contributed by atoms with Crippen LogP contribution in [0.4, 0.5) is 8.78 Å². The van der Waals surface area contributed by atoms with Crippen LogP contribution in [0.15, 0.2) is 59.7 Å². The number of benzene rings is 1. The minimum absolute atomic E-state index is 0.0322. The van der Waals surface area contributed by atoms with Crippen LogP contribution in [-0.4, -0.2) is 15.9 Å². The molecule has 0 aliphatic carbocycles. The van der Waals surface area contributed by atoms with Gasteiger partial charge in [-0.1, -0.05) is 6.07 Å². The Hall–Kier alpha value is -3.35. The van der Waals surface area contributed by atoms with E-state index in [1.54, 1.807) is 13.0 Å². The number of carbonyl (C=O) groups excluding carboxylic acids is 1. The Morgan fingerprint density at radius 2 is 2.00 bits per heavy atom. The number of aromatic amines is 1. The van der Waals surface area contributed by atoms with E-state index in [4.69, 9.17) is 0 Å². The molecule has 132 valence electrons. The molecule has 2 aromatic heterocycles. The quantitative estimate of drug-likeness (QED) is 0.756. The molecule has 0 aliphatic rings. The SMILES string of the molecule is Cc1cc(F)cc([C@H](NC(=O)c2ccc(=O)[nH]c2)c2ncccc2F)c1. The number of amides is 1. The van der Waals surface area contributed by atoms with Gasteiger partial charge in [-0.25, -0.2) is 8.78 Å². The average molecular weight is 355 g/mol. The van der Waals surface area contributed by atoms with Crippen molar-refractivity contribution in [2.75, 3.05) is 0 Å². The molecule has 7 heteroatoms. The van der Waals surface area contributed by atoms with Gasteiger partial charge in [-0.05, 0) is 48.4 Å². The first-order valence-electron chi connectivity index (χ1n) is 7.81. The lowest BCUT2D eigenvalue weighted by atomic mass is 10.00. The van der Waals surface area contributed by atoms with Crippen LogP contribution in [0.2, 0.25) is 0 Å². The zero-order valence-corrected chi connectivity index (χ0v) is 13.8. The van der Waals surface area contributed by atoms with Gasteiger partial charge >= 0.3 is 0 Å². The number of rotatable bonds is 4. The van der Waals surface area contributed by atoms with Gasteiger partial charge in [0.15, 0.2) is 0 Å². The van der Waals surface area contributed by atoms with Crippen molar-refractivity contribution in [3.8, 4) is 0 Å². The third-order valence-corrected chi connectivity index (χ3v) is 3.78. The van der Waals surface area contributed by atoms with E-state index in [1.165, 1.54) is 48.8 Å². The van der Waals surface area contributed by atoms with Crippen LogP contribution in [0, 0.1) is 18.6 Å². The molecule has 5 nitrogen and oxygen atoms in total. The first kappa shape index (κ1) is 17.5. The van der Waals surface area contributed by atoms with E-state index < -0.39 is 23.6 Å². The number of halogens is 2. The van der Waals surface area contributed by atoms with Crippen molar-refractivity contribution in [1.29, 1.82) is 0 Å². The predicted octanol–water partition coefficient (Wildman–Crippen LogP) is 2.88. The van der Waals surface area contributed by atoms with Crippen molar-refractivity contribution in [2.24, 2.45) is 0 Å². The largest absolute Gasteiger partial charge is 0.339 e. The predicted molar refractivity (Wildman–Crippen MR) is 91.7 cm³/mol. The minimum Gasteiger partial charge on any atom is -0.339 e. The molecular weight excluding hydrogens is 340 g/mol. The number of H-pyrrole nitrogens is 1. The highest BCUT2D eigenvalue weighted by molar-refractivity contribution is 5.94. The second kappa shape index (κ2) is 7.26. The number of aromatic nitrogens is 2. The third-order valence-electron chi connectivity index (χ3n) is 3.78. The smallest absolute Gasteiger partial charge is 0.253 e. The molecule has 2 heterocycles. The Balaban J connectivity index is 2.03. The maximum absolute atomic E-state index is 14.3. The molecule has 0 spiro atoms. The molecule has 0 radical (unpaired) electrons. The molecule has 1 amide bonds. The summed E-state index contributed by atoms with van der Waals surface area (Å²) in [5, 5.41) is 2.65. The number of nitrogens with zero attached hydrogens (tertiary/aromatic N) is 1. The van der Waals surface area contributed by atoms with Gasteiger partial charge in [0, 0.05) is 18.5 Å². The van der Waals surface area contributed by atoms with E-state index in [-0.39, 0.29) is 16.8 Å². The molecule has 3 aromatic rings. The van der Waals surface area contributed by atoms with Gasteiger partial charge in [-0.15, -0.1) is 0 Å². The van der Waals surface area contributed by atoms with Crippen molar-refractivity contribution in [3.05, 3.63) is 99.2 Å². The second-order valence-electron chi connectivity index (χ2n) is 5.78. The maximum Gasteiger partial charge on any atom is 0.253 e. The van der Waals surface area contributed by atoms with Crippen molar-refractivity contribution >= 4 is 5.91 Å². The summed E-state index contributed by atoms with van der Waals surface area (Å²) >= 11 is 0. The monoisotopic (exact) mass is 355 g/mol. The van der Waals surface area contributed by atoms with Gasteiger partial charge in [0.25, 0.3) is 5.91 Å². The summed E-state index contributed by atoms with van der Waals surface area (Å²) < 4.78 is 28.1. The van der Waals surface area contributed by atoms with Crippen LogP contribution in [0.3, 0.4) is 0 Å². The van der Waals surface area contributed by atoms with Gasteiger partial charge < -0.3 is 10.3 Å². The Morgan fingerprint density at radius 1 is 1.19 bits per heavy atom. The highest BCUT2D eigenvalue weighted by Gasteiger charge is 2.23. The molecular formula is C19H15F2N3O2. The van der Waals surface area contributed by atoms with Gasteiger partial charge in [0.2, 0.25) is 5.56 Å². The number of nitrogens with one attached hydrogen (secondary N) is 2. The van der Waals surface area contributed by atoms with Gasteiger partial charge in [0.05, 0.1) is 11.6 Å². The van der Waals surface area contributed by atoms with Crippen molar-refractivity contribution in [1.82, 2.24) is 15.3 Å². The van der Waals surface area contributed by atoms with Crippen LogP contribution < -0.4 is 10.9 Å². The highest BCUT2D eigenvalue weighted by atomic mass is 19.1. The zero-order chi connectivity index (χ0) is 18.7. The summed E-state index contributed by atoms with van der Waals surface area (Å²) in [6, 6.07) is 8.40.